The van der Waals surface area contributed by atoms with Crippen molar-refractivity contribution in [2.75, 3.05) is 7.05 Å². The lowest BCUT2D eigenvalue weighted by molar-refractivity contribution is -0.126. The van der Waals surface area contributed by atoms with Crippen LogP contribution < -0.4 is 5.32 Å². The van der Waals surface area contributed by atoms with E-state index in [1.165, 1.54) is 12.8 Å². The standard InChI is InChI=1S/C16H28N4O2/c1-11(2)9-14-18-15(22-19-14)10-20(4)12(3)16(21)17-13-7-5-6-8-13/h11-13H,5-10H2,1-4H3,(H,17,21). The molecule has 0 saturated heterocycles. The van der Waals surface area contributed by atoms with Gasteiger partial charge in [0.15, 0.2) is 5.82 Å². The van der Waals surface area contributed by atoms with Crippen LogP contribution in [0.1, 0.15) is 58.2 Å². The lowest BCUT2D eigenvalue weighted by atomic mass is 10.1. The zero-order valence-electron chi connectivity index (χ0n) is 14.1. The molecule has 1 atom stereocenters. The van der Waals surface area contributed by atoms with E-state index < -0.39 is 0 Å². The monoisotopic (exact) mass is 308 g/mol. The summed E-state index contributed by atoms with van der Waals surface area (Å²) in [7, 11) is 1.91. The minimum absolute atomic E-state index is 0.0799. The molecule has 0 spiro atoms. The minimum atomic E-state index is -0.207. The largest absolute Gasteiger partial charge is 0.352 e. The molecule has 1 fully saturated rings. The lowest BCUT2D eigenvalue weighted by Crippen LogP contribution is -2.46. The van der Waals surface area contributed by atoms with Crippen molar-refractivity contribution >= 4 is 5.91 Å². The molecular weight excluding hydrogens is 280 g/mol. The third-order valence-corrected chi connectivity index (χ3v) is 4.23. The molecule has 1 aromatic rings. The summed E-state index contributed by atoms with van der Waals surface area (Å²) in [5.74, 6) is 1.88. The molecule has 6 heteroatoms. The van der Waals surface area contributed by atoms with Gasteiger partial charge in [-0.1, -0.05) is 31.8 Å². The van der Waals surface area contributed by atoms with E-state index in [4.69, 9.17) is 4.52 Å². The van der Waals surface area contributed by atoms with Crippen LogP contribution in [0.4, 0.5) is 0 Å². The van der Waals surface area contributed by atoms with Gasteiger partial charge in [0.25, 0.3) is 0 Å². The minimum Gasteiger partial charge on any atom is -0.352 e. The maximum atomic E-state index is 12.3. The SMILES string of the molecule is CC(C)Cc1noc(CN(C)C(C)C(=O)NC2CCCC2)n1. The second kappa shape index (κ2) is 7.72. The lowest BCUT2D eigenvalue weighted by Gasteiger charge is -2.24. The van der Waals surface area contributed by atoms with Gasteiger partial charge in [0.2, 0.25) is 11.8 Å². The number of amides is 1. The zero-order valence-corrected chi connectivity index (χ0v) is 14.1. The molecule has 0 bridgehead atoms. The van der Waals surface area contributed by atoms with E-state index in [0.29, 0.717) is 24.4 Å². The topological polar surface area (TPSA) is 71.3 Å². The first-order valence-corrected chi connectivity index (χ1v) is 8.27. The molecule has 1 unspecified atom stereocenters. The van der Waals surface area contributed by atoms with Crippen LogP contribution in [0.2, 0.25) is 0 Å². The number of likely N-dealkylation sites (N-methyl/N-ethyl adjacent to an activating group) is 1. The van der Waals surface area contributed by atoms with E-state index in [0.717, 1.165) is 25.1 Å². The normalized spacial score (nSPS) is 17.4. The van der Waals surface area contributed by atoms with Gasteiger partial charge in [0.05, 0.1) is 12.6 Å². The molecule has 0 aliphatic heterocycles. The second-order valence-corrected chi connectivity index (χ2v) is 6.78. The number of hydrogen-bond acceptors (Lipinski definition) is 5. The van der Waals surface area contributed by atoms with Crippen LogP contribution in [0.5, 0.6) is 0 Å². The molecule has 1 heterocycles. The quantitative estimate of drug-likeness (QED) is 0.835. The van der Waals surface area contributed by atoms with Crippen molar-refractivity contribution in [3.8, 4) is 0 Å². The van der Waals surface area contributed by atoms with Crippen molar-refractivity contribution in [3.63, 3.8) is 0 Å². The summed E-state index contributed by atoms with van der Waals surface area (Å²) in [6.07, 6.45) is 5.45. The summed E-state index contributed by atoms with van der Waals surface area (Å²) in [6, 6.07) is 0.144. The van der Waals surface area contributed by atoms with Crippen LogP contribution in [0.15, 0.2) is 4.52 Å². The Morgan fingerprint density at radius 2 is 2.05 bits per heavy atom. The highest BCUT2D eigenvalue weighted by Crippen LogP contribution is 2.18. The fourth-order valence-electron chi connectivity index (χ4n) is 2.74. The molecule has 1 N–H and O–H groups in total. The summed E-state index contributed by atoms with van der Waals surface area (Å²) in [4.78, 5) is 18.6. The molecule has 0 aromatic carbocycles. The molecule has 22 heavy (non-hydrogen) atoms. The third kappa shape index (κ3) is 4.80. The van der Waals surface area contributed by atoms with E-state index in [9.17, 15) is 4.79 Å². The number of rotatable bonds is 7. The molecular formula is C16H28N4O2. The number of nitrogens with one attached hydrogen (secondary N) is 1. The van der Waals surface area contributed by atoms with Gasteiger partial charge in [-0.15, -0.1) is 0 Å². The summed E-state index contributed by atoms with van der Waals surface area (Å²) in [6.45, 7) is 6.65. The van der Waals surface area contributed by atoms with Crippen molar-refractivity contribution < 1.29 is 9.32 Å². The average molecular weight is 308 g/mol. The van der Waals surface area contributed by atoms with Crippen molar-refractivity contribution in [2.45, 2.75) is 71.5 Å². The number of carbonyl (C=O) groups is 1. The van der Waals surface area contributed by atoms with Crippen LogP contribution in [0.25, 0.3) is 0 Å². The highest BCUT2D eigenvalue weighted by molar-refractivity contribution is 5.81. The van der Waals surface area contributed by atoms with Crippen LogP contribution in [0, 0.1) is 5.92 Å². The first kappa shape index (κ1) is 16.9. The Kier molecular flexibility index (Phi) is 5.94. The Morgan fingerprint density at radius 1 is 1.36 bits per heavy atom. The number of aromatic nitrogens is 2. The van der Waals surface area contributed by atoms with Gasteiger partial charge in [0.1, 0.15) is 0 Å². The average Bonchev–Trinajstić information content (AvgIpc) is 3.09. The summed E-state index contributed by atoms with van der Waals surface area (Å²) < 4.78 is 5.27. The first-order valence-electron chi connectivity index (χ1n) is 8.27. The maximum absolute atomic E-state index is 12.3. The van der Waals surface area contributed by atoms with E-state index in [1.54, 1.807) is 0 Å². The highest BCUT2D eigenvalue weighted by Gasteiger charge is 2.24. The predicted octanol–water partition coefficient (Wildman–Crippen LogP) is 2.15. The number of nitrogens with zero attached hydrogens (tertiary/aromatic N) is 3. The Balaban J connectivity index is 1.83. The summed E-state index contributed by atoms with van der Waals surface area (Å²) >= 11 is 0. The molecule has 6 nitrogen and oxygen atoms in total. The second-order valence-electron chi connectivity index (χ2n) is 6.78. The van der Waals surface area contributed by atoms with Crippen LogP contribution >= 0.6 is 0 Å². The summed E-state index contributed by atoms with van der Waals surface area (Å²) in [5, 5.41) is 7.11. The maximum Gasteiger partial charge on any atom is 0.240 e. The Labute approximate surface area is 132 Å². The van der Waals surface area contributed by atoms with Gasteiger partial charge in [0, 0.05) is 12.5 Å². The van der Waals surface area contributed by atoms with Crippen molar-refractivity contribution in [1.82, 2.24) is 20.4 Å². The number of hydrogen-bond donors (Lipinski definition) is 1. The van der Waals surface area contributed by atoms with E-state index in [2.05, 4.69) is 29.3 Å². The van der Waals surface area contributed by atoms with Crippen molar-refractivity contribution in [2.24, 2.45) is 5.92 Å². The van der Waals surface area contributed by atoms with Crippen LogP contribution in [-0.2, 0) is 17.8 Å². The smallest absolute Gasteiger partial charge is 0.240 e. The van der Waals surface area contributed by atoms with Crippen molar-refractivity contribution in [3.05, 3.63) is 11.7 Å². The van der Waals surface area contributed by atoms with E-state index in [-0.39, 0.29) is 11.9 Å². The molecule has 0 radical (unpaired) electrons. The van der Waals surface area contributed by atoms with Gasteiger partial charge in [-0.3, -0.25) is 9.69 Å². The highest BCUT2D eigenvalue weighted by atomic mass is 16.5. The van der Waals surface area contributed by atoms with Crippen molar-refractivity contribution in [1.29, 1.82) is 0 Å². The molecule has 1 amide bonds. The Hall–Kier alpha value is -1.43. The predicted molar refractivity (Wildman–Crippen MR) is 84.2 cm³/mol. The number of carbonyl (C=O) groups excluding carboxylic acids is 1. The van der Waals surface area contributed by atoms with Gasteiger partial charge in [-0.25, -0.2) is 0 Å². The Bertz CT molecular complexity index is 480. The molecule has 1 saturated carbocycles. The summed E-state index contributed by atoms with van der Waals surface area (Å²) in [5.41, 5.74) is 0. The van der Waals surface area contributed by atoms with Gasteiger partial charge in [-0.05, 0) is 32.7 Å². The van der Waals surface area contributed by atoms with Gasteiger partial charge >= 0.3 is 0 Å². The van der Waals surface area contributed by atoms with E-state index >= 15 is 0 Å². The van der Waals surface area contributed by atoms with E-state index in [1.807, 2.05) is 18.9 Å². The Morgan fingerprint density at radius 3 is 2.68 bits per heavy atom. The fourth-order valence-corrected chi connectivity index (χ4v) is 2.74. The van der Waals surface area contributed by atoms with Gasteiger partial charge in [-0.2, -0.15) is 4.98 Å². The molecule has 1 aliphatic rings. The fraction of sp³-hybridized carbons (Fsp3) is 0.812. The molecule has 2 rings (SSSR count). The third-order valence-electron chi connectivity index (χ3n) is 4.23. The van der Waals surface area contributed by atoms with Gasteiger partial charge < -0.3 is 9.84 Å². The zero-order chi connectivity index (χ0) is 16.1. The molecule has 1 aromatic heterocycles. The first-order chi connectivity index (χ1) is 10.5. The van der Waals surface area contributed by atoms with Crippen LogP contribution in [0.3, 0.4) is 0 Å². The van der Waals surface area contributed by atoms with Crippen LogP contribution in [-0.4, -0.2) is 40.1 Å². The molecule has 124 valence electrons. The molecule has 1 aliphatic carbocycles.